The second-order valence-electron chi connectivity index (χ2n) is 3.05. The molecule has 0 fully saturated rings. The lowest BCUT2D eigenvalue weighted by Crippen LogP contribution is -2.13. The molecule has 2 N–H and O–H groups in total. The van der Waals surface area contributed by atoms with Gasteiger partial charge in [0.05, 0.1) is 0 Å². The molecule has 0 aliphatic heterocycles. The van der Waals surface area contributed by atoms with E-state index in [1.54, 1.807) is 0 Å². The quantitative estimate of drug-likeness (QED) is 0.608. The molecule has 0 spiro atoms. The van der Waals surface area contributed by atoms with Gasteiger partial charge in [0.2, 0.25) is 0 Å². The lowest BCUT2D eigenvalue weighted by atomic mass is 9.92. The van der Waals surface area contributed by atoms with Crippen molar-refractivity contribution in [3.8, 4) is 0 Å². The van der Waals surface area contributed by atoms with Crippen molar-refractivity contribution < 1.29 is 10.2 Å². The first-order valence-electron chi connectivity index (χ1n) is 3.94. The minimum atomic E-state index is 0.239. The minimum absolute atomic E-state index is 0.239. The van der Waals surface area contributed by atoms with Gasteiger partial charge in [-0.2, -0.15) is 0 Å². The second-order valence-corrected chi connectivity index (χ2v) is 3.05. The van der Waals surface area contributed by atoms with E-state index in [0.717, 1.165) is 12.8 Å². The molecule has 62 valence electrons. The molecule has 0 aliphatic rings. The van der Waals surface area contributed by atoms with Crippen molar-refractivity contribution in [1.29, 1.82) is 0 Å². The van der Waals surface area contributed by atoms with Gasteiger partial charge >= 0.3 is 0 Å². The molecule has 0 aromatic rings. The minimum Gasteiger partial charge on any atom is -0.396 e. The van der Waals surface area contributed by atoms with Crippen LogP contribution in [0.5, 0.6) is 0 Å². The number of aliphatic hydroxyl groups excluding tert-OH is 2. The van der Waals surface area contributed by atoms with Gasteiger partial charge in [-0.15, -0.1) is 0 Å². The highest BCUT2D eigenvalue weighted by atomic mass is 16.3. The molecular weight excluding hydrogens is 128 g/mol. The van der Waals surface area contributed by atoms with Crippen molar-refractivity contribution >= 4 is 0 Å². The Labute approximate surface area is 62.9 Å². The summed E-state index contributed by atoms with van der Waals surface area (Å²) in [5.41, 5.74) is 0. The summed E-state index contributed by atoms with van der Waals surface area (Å²) < 4.78 is 0. The van der Waals surface area contributed by atoms with Gasteiger partial charge in [0.1, 0.15) is 0 Å². The Morgan fingerprint density at radius 2 is 1.80 bits per heavy atom. The van der Waals surface area contributed by atoms with Gasteiger partial charge in [-0.1, -0.05) is 13.8 Å². The highest BCUT2D eigenvalue weighted by Crippen LogP contribution is 2.15. The van der Waals surface area contributed by atoms with E-state index < -0.39 is 0 Å². The van der Waals surface area contributed by atoms with E-state index in [9.17, 15) is 0 Å². The summed E-state index contributed by atoms with van der Waals surface area (Å²) in [6.07, 6.45) is 1.74. The lowest BCUT2D eigenvalue weighted by Gasteiger charge is -2.16. The third-order valence-corrected chi connectivity index (χ3v) is 1.91. The molecule has 2 heteroatoms. The average molecular weight is 146 g/mol. The topological polar surface area (TPSA) is 40.5 Å². The summed E-state index contributed by atoms with van der Waals surface area (Å²) in [5.74, 6) is 0.892. The Balaban J connectivity index is 3.40. The fourth-order valence-corrected chi connectivity index (χ4v) is 0.989. The van der Waals surface area contributed by atoms with Crippen LogP contribution in [0.4, 0.5) is 0 Å². The van der Waals surface area contributed by atoms with E-state index in [0.29, 0.717) is 11.8 Å². The van der Waals surface area contributed by atoms with Crippen molar-refractivity contribution in [1.82, 2.24) is 0 Å². The molecule has 0 saturated heterocycles. The molecule has 10 heavy (non-hydrogen) atoms. The van der Waals surface area contributed by atoms with Crippen LogP contribution in [0.15, 0.2) is 0 Å². The van der Waals surface area contributed by atoms with Gasteiger partial charge in [-0.3, -0.25) is 0 Å². The van der Waals surface area contributed by atoms with Crippen LogP contribution in [0.1, 0.15) is 26.7 Å². The zero-order valence-electron chi connectivity index (χ0n) is 6.88. The van der Waals surface area contributed by atoms with Crippen LogP contribution in [-0.2, 0) is 0 Å². The van der Waals surface area contributed by atoms with Crippen molar-refractivity contribution in [3.63, 3.8) is 0 Å². The summed E-state index contributed by atoms with van der Waals surface area (Å²) in [6, 6.07) is 0. The monoisotopic (exact) mass is 146 g/mol. The maximum Gasteiger partial charge on any atom is 0.0461 e. The molecular formula is C8H18O2. The Bertz CT molecular complexity index is 71.7. The molecule has 0 aromatic heterocycles. The number of hydrogen-bond donors (Lipinski definition) is 2. The van der Waals surface area contributed by atoms with Crippen LogP contribution in [0.2, 0.25) is 0 Å². The Morgan fingerprint density at radius 1 is 1.20 bits per heavy atom. The van der Waals surface area contributed by atoms with Crippen molar-refractivity contribution in [3.05, 3.63) is 0 Å². The van der Waals surface area contributed by atoms with Crippen LogP contribution < -0.4 is 0 Å². The SMILES string of the molecule is CC(C)C(CO)CCCO. The van der Waals surface area contributed by atoms with Gasteiger partial charge in [-0.25, -0.2) is 0 Å². The molecule has 0 radical (unpaired) electrons. The summed E-state index contributed by atoms with van der Waals surface area (Å²) in [4.78, 5) is 0. The predicted molar refractivity (Wildman–Crippen MR) is 41.7 cm³/mol. The fourth-order valence-electron chi connectivity index (χ4n) is 0.989. The molecule has 0 amide bonds. The van der Waals surface area contributed by atoms with Gasteiger partial charge < -0.3 is 10.2 Å². The average Bonchev–Trinajstić information content (AvgIpc) is 1.89. The van der Waals surface area contributed by atoms with E-state index in [2.05, 4.69) is 13.8 Å². The Morgan fingerprint density at radius 3 is 2.10 bits per heavy atom. The van der Waals surface area contributed by atoms with Crippen molar-refractivity contribution in [2.24, 2.45) is 11.8 Å². The van der Waals surface area contributed by atoms with Gasteiger partial charge in [0.15, 0.2) is 0 Å². The lowest BCUT2D eigenvalue weighted by molar-refractivity contribution is 0.168. The zero-order valence-corrected chi connectivity index (χ0v) is 6.88. The summed E-state index contributed by atoms with van der Waals surface area (Å²) >= 11 is 0. The van der Waals surface area contributed by atoms with E-state index in [1.807, 2.05) is 0 Å². The Hall–Kier alpha value is -0.0800. The van der Waals surface area contributed by atoms with Gasteiger partial charge in [0, 0.05) is 13.2 Å². The molecule has 0 saturated carbocycles. The van der Waals surface area contributed by atoms with E-state index in [4.69, 9.17) is 10.2 Å². The highest BCUT2D eigenvalue weighted by Gasteiger charge is 2.10. The molecule has 0 rings (SSSR count). The zero-order chi connectivity index (χ0) is 7.98. The summed E-state index contributed by atoms with van der Waals surface area (Å²) in [6.45, 7) is 4.68. The van der Waals surface area contributed by atoms with Crippen LogP contribution in [0, 0.1) is 11.8 Å². The number of aliphatic hydroxyl groups is 2. The molecule has 0 bridgehead atoms. The number of hydrogen-bond acceptors (Lipinski definition) is 2. The first-order chi connectivity index (χ1) is 4.72. The number of rotatable bonds is 5. The van der Waals surface area contributed by atoms with E-state index >= 15 is 0 Å². The predicted octanol–water partition coefficient (Wildman–Crippen LogP) is 1.02. The van der Waals surface area contributed by atoms with E-state index in [1.165, 1.54) is 0 Å². The van der Waals surface area contributed by atoms with Crippen LogP contribution >= 0.6 is 0 Å². The van der Waals surface area contributed by atoms with Crippen molar-refractivity contribution in [2.45, 2.75) is 26.7 Å². The van der Waals surface area contributed by atoms with Crippen LogP contribution in [0.25, 0.3) is 0 Å². The largest absolute Gasteiger partial charge is 0.396 e. The Kier molecular flexibility index (Phi) is 5.64. The maximum atomic E-state index is 8.84. The molecule has 1 unspecified atom stereocenters. The van der Waals surface area contributed by atoms with E-state index in [-0.39, 0.29) is 13.2 Å². The normalized spacial score (nSPS) is 14.1. The maximum absolute atomic E-state index is 8.84. The summed E-state index contributed by atoms with van der Waals surface area (Å²) in [7, 11) is 0. The highest BCUT2D eigenvalue weighted by molar-refractivity contribution is 4.60. The molecule has 0 heterocycles. The first-order valence-corrected chi connectivity index (χ1v) is 3.94. The fraction of sp³-hybridized carbons (Fsp3) is 1.00. The standard InChI is InChI=1S/C8H18O2/c1-7(2)8(6-10)4-3-5-9/h7-10H,3-6H2,1-2H3. The van der Waals surface area contributed by atoms with Crippen LogP contribution in [0.3, 0.4) is 0 Å². The van der Waals surface area contributed by atoms with Crippen molar-refractivity contribution in [2.75, 3.05) is 13.2 Å². The van der Waals surface area contributed by atoms with Crippen LogP contribution in [-0.4, -0.2) is 23.4 Å². The van der Waals surface area contributed by atoms with Gasteiger partial charge in [-0.05, 0) is 24.7 Å². The second kappa shape index (κ2) is 5.69. The molecule has 2 nitrogen and oxygen atoms in total. The third-order valence-electron chi connectivity index (χ3n) is 1.91. The molecule has 1 atom stereocenters. The molecule has 0 aromatic carbocycles. The third kappa shape index (κ3) is 3.85. The van der Waals surface area contributed by atoms with Gasteiger partial charge in [0.25, 0.3) is 0 Å². The first kappa shape index (κ1) is 9.92. The summed E-state index contributed by atoms with van der Waals surface area (Å²) in [5, 5.41) is 17.4. The smallest absolute Gasteiger partial charge is 0.0461 e. The molecule has 0 aliphatic carbocycles.